The number of hydrogen-bond acceptors (Lipinski definition) is 5. The Morgan fingerprint density at radius 3 is 1.93 bits per heavy atom. The van der Waals surface area contributed by atoms with Crippen molar-refractivity contribution in [1.29, 1.82) is 0 Å². The molecule has 0 unspecified atom stereocenters. The number of sulfonamides is 1. The molecular formula is C21H23NO5S. The summed E-state index contributed by atoms with van der Waals surface area (Å²) in [5.41, 5.74) is 0.811. The Kier molecular flexibility index (Phi) is 6.84. The molecule has 0 saturated heterocycles. The molecule has 2 aromatic rings. The molecule has 0 radical (unpaired) electrons. The lowest BCUT2D eigenvalue weighted by molar-refractivity contribution is -0.153. The summed E-state index contributed by atoms with van der Waals surface area (Å²) in [5, 5.41) is 0. The van der Waals surface area contributed by atoms with Gasteiger partial charge in [-0.15, -0.1) is 0 Å². The Bertz CT molecular complexity index is 976. The maximum Gasteiger partial charge on any atom is 0.321 e. The number of ether oxygens (including phenoxy) is 2. The predicted octanol–water partition coefficient (Wildman–Crippen LogP) is 2.72. The molecule has 0 aromatic heterocycles. The summed E-state index contributed by atoms with van der Waals surface area (Å²) >= 11 is 0. The van der Waals surface area contributed by atoms with E-state index in [9.17, 15) is 13.2 Å². The van der Waals surface area contributed by atoms with Gasteiger partial charge in [-0.2, -0.15) is 4.72 Å². The maximum absolute atomic E-state index is 12.3. The summed E-state index contributed by atoms with van der Waals surface area (Å²) < 4.78 is 37.0. The number of hydrogen-bond donors (Lipinski definition) is 1. The molecule has 148 valence electrons. The van der Waals surface area contributed by atoms with Crippen molar-refractivity contribution < 1.29 is 22.7 Å². The van der Waals surface area contributed by atoms with Crippen LogP contribution in [-0.2, 0) is 19.6 Å². The van der Waals surface area contributed by atoms with E-state index in [4.69, 9.17) is 9.47 Å². The Labute approximate surface area is 165 Å². The SMILES string of the molecule is COc1ccc(C#Cc2ccc(S(=O)(=O)NCC(=O)OC(C)(C)C)cc2)cc1. The van der Waals surface area contributed by atoms with Crippen molar-refractivity contribution in [1.82, 2.24) is 4.72 Å². The van der Waals surface area contributed by atoms with Crippen molar-refractivity contribution in [2.45, 2.75) is 31.3 Å². The lowest BCUT2D eigenvalue weighted by Crippen LogP contribution is -2.34. The van der Waals surface area contributed by atoms with Crippen molar-refractivity contribution in [3.05, 3.63) is 59.7 Å². The molecule has 2 rings (SSSR count). The molecule has 2 aromatic carbocycles. The number of carbonyl (C=O) groups is 1. The van der Waals surface area contributed by atoms with Gasteiger partial charge >= 0.3 is 5.97 Å². The number of nitrogens with one attached hydrogen (secondary N) is 1. The summed E-state index contributed by atoms with van der Waals surface area (Å²) in [6.07, 6.45) is 0. The van der Waals surface area contributed by atoms with Crippen molar-refractivity contribution in [2.24, 2.45) is 0 Å². The van der Waals surface area contributed by atoms with Crippen molar-refractivity contribution in [3.63, 3.8) is 0 Å². The zero-order chi connectivity index (χ0) is 20.8. The van der Waals surface area contributed by atoms with E-state index in [0.29, 0.717) is 5.56 Å². The molecule has 0 fully saturated rings. The molecule has 0 heterocycles. The first-order chi connectivity index (χ1) is 13.1. The summed E-state index contributed by atoms with van der Waals surface area (Å²) in [7, 11) is -2.22. The molecule has 0 spiro atoms. The van der Waals surface area contributed by atoms with E-state index in [-0.39, 0.29) is 4.90 Å². The highest BCUT2D eigenvalue weighted by molar-refractivity contribution is 7.89. The van der Waals surface area contributed by atoms with Gasteiger partial charge in [-0.1, -0.05) is 11.8 Å². The van der Waals surface area contributed by atoms with Gasteiger partial charge in [-0.05, 0) is 69.3 Å². The van der Waals surface area contributed by atoms with Crippen LogP contribution in [0.5, 0.6) is 5.75 Å². The van der Waals surface area contributed by atoms with Gasteiger partial charge in [-0.3, -0.25) is 4.79 Å². The lowest BCUT2D eigenvalue weighted by Gasteiger charge is -2.19. The summed E-state index contributed by atoms with van der Waals surface area (Å²) in [6, 6.07) is 13.4. The van der Waals surface area contributed by atoms with Crippen LogP contribution in [0.15, 0.2) is 53.4 Å². The zero-order valence-corrected chi connectivity index (χ0v) is 17.1. The van der Waals surface area contributed by atoms with E-state index in [1.54, 1.807) is 40.0 Å². The van der Waals surface area contributed by atoms with E-state index in [2.05, 4.69) is 16.6 Å². The largest absolute Gasteiger partial charge is 0.497 e. The Balaban J connectivity index is 2.02. The quantitative estimate of drug-likeness (QED) is 0.615. The molecule has 6 nitrogen and oxygen atoms in total. The molecular weight excluding hydrogens is 378 g/mol. The minimum absolute atomic E-state index is 0.0473. The number of carbonyl (C=O) groups excluding carboxylic acids is 1. The maximum atomic E-state index is 12.3. The average Bonchev–Trinajstić information content (AvgIpc) is 2.64. The third kappa shape index (κ3) is 6.72. The fourth-order valence-corrected chi connectivity index (χ4v) is 3.12. The molecule has 0 aliphatic carbocycles. The number of esters is 1. The van der Waals surface area contributed by atoms with Crippen LogP contribution in [0.4, 0.5) is 0 Å². The minimum Gasteiger partial charge on any atom is -0.497 e. The highest BCUT2D eigenvalue weighted by Gasteiger charge is 2.19. The normalized spacial score (nSPS) is 11.3. The zero-order valence-electron chi connectivity index (χ0n) is 16.3. The number of methoxy groups -OCH3 is 1. The van der Waals surface area contributed by atoms with Gasteiger partial charge in [0.25, 0.3) is 0 Å². The second kappa shape index (κ2) is 8.91. The molecule has 1 N–H and O–H groups in total. The van der Waals surface area contributed by atoms with Crippen LogP contribution in [-0.4, -0.2) is 33.6 Å². The molecule has 0 saturated carbocycles. The van der Waals surface area contributed by atoms with Gasteiger partial charge in [-0.25, -0.2) is 8.42 Å². The smallest absolute Gasteiger partial charge is 0.321 e. The van der Waals surface area contributed by atoms with E-state index >= 15 is 0 Å². The molecule has 0 aliphatic rings. The number of benzene rings is 2. The van der Waals surface area contributed by atoms with Gasteiger partial charge in [0.1, 0.15) is 17.9 Å². The topological polar surface area (TPSA) is 81.7 Å². The molecule has 0 aliphatic heterocycles. The average molecular weight is 401 g/mol. The molecule has 7 heteroatoms. The first-order valence-corrected chi connectivity index (χ1v) is 10.0. The van der Waals surface area contributed by atoms with Crippen LogP contribution in [0.1, 0.15) is 31.9 Å². The molecule has 0 amide bonds. The van der Waals surface area contributed by atoms with Crippen LogP contribution in [0.2, 0.25) is 0 Å². The number of rotatable bonds is 5. The van der Waals surface area contributed by atoms with E-state index < -0.39 is 28.1 Å². The summed E-state index contributed by atoms with van der Waals surface area (Å²) in [5.74, 6) is 6.08. The second-order valence-electron chi connectivity index (χ2n) is 6.91. The Morgan fingerprint density at radius 1 is 0.964 bits per heavy atom. The van der Waals surface area contributed by atoms with Gasteiger partial charge in [0.2, 0.25) is 10.0 Å². The first kappa shape index (κ1) is 21.5. The van der Waals surface area contributed by atoms with Gasteiger partial charge < -0.3 is 9.47 Å². The van der Waals surface area contributed by atoms with Crippen molar-refractivity contribution >= 4 is 16.0 Å². The van der Waals surface area contributed by atoms with Crippen LogP contribution in [0.25, 0.3) is 0 Å². The third-order valence-electron chi connectivity index (χ3n) is 3.43. The van der Waals surface area contributed by atoms with Crippen molar-refractivity contribution in [3.8, 4) is 17.6 Å². The fraction of sp³-hybridized carbons (Fsp3) is 0.286. The third-order valence-corrected chi connectivity index (χ3v) is 4.85. The summed E-state index contributed by atoms with van der Waals surface area (Å²) in [6.45, 7) is 4.71. The van der Waals surface area contributed by atoms with Crippen LogP contribution < -0.4 is 9.46 Å². The highest BCUT2D eigenvalue weighted by atomic mass is 32.2. The highest BCUT2D eigenvalue weighted by Crippen LogP contribution is 2.12. The standard InChI is InChI=1S/C21H23NO5S/c1-21(2,3)27-20(23)15-22-28(24,25)19-13-9-17(10-14-19)6-5-16-7-11-18(26-4)12-8-16/h7-14,22H,15H2,1-4H3. The van der Waals surface area contributed by atoms with E-state index in [0.717, 1.165) is 11.3 Å². The molecule has 0 bridgehead atoms. The second-order valence-corrected chi connectivity index (χ2v) is 8.68. The van der Waals surface area contributed by atoms with Gasteiger partial charge in [0.15, 0.2) is 0 Å². The van der Waals surface area contributed by atoms with Crippen LogP contribution >= 0.6 is 0 Å². The van der Waals surface area contributed by atoms with Crippen molar-refractivity contribution in [2.75, 3.05) is 13.7 Å². The molecule has 28 heavy (non-hydrogen) atoms. The predicted molar refractivity (Wildman–Crippen MR) is 106 cm³/mol. The fourth-order valence-electron chi connectivity index (χ4n) is 2.15. The van der Waals surface area contributed by atoms with Gasteiger partial charge in [0, 0.05) is 11.1 Å². The minimum atomic E-state index is -3.82. The lowest BCUT2D eigenvalue weighted by atomic mass is 10.2. The summed E-state index contributed by atoms with van der Waals surface area (Å²) in [4.78, 5) is 11.7. The van der Waals surface area contributed by atoms with Gasteiger partial charge in [0.05, 0.1) is 12.0 Å². The Morgan fingerprint density at radius 2 is 1.46 bits per heavy atom. The van der Waals surface area contributed by atoms with Crippen LogP contribution in [0, 0.1) is 11.8 Å². The van der Waals surface area contributed by atoms with E-state index in [1.807, 2.05) is 24.3 Å². The Hall–Kier alpha value is -2.82. The molecule has 0 atom stereocenters. The van der Waals surface area contributed by atoms with Crippen LogP contribution in [0.3, 0.4) is 0 Å². The monoisotopic (exact) mass is 401 g/mol. The first-order valence-electron chi connectivity index (χ1n) is 8.57. The van der Waals surface area contributed by atoms with E-state index in [1.165, 1.54) is 12.1 Å².